The number of hydrogen-bond acceptors (Lipinski definition) is 8. The maximum atomic E-state index is 12.5. The van der Waals surface area contributed by atoms with Crippen LogP contribution in [-0.4, -0.2) is 70.0 Å². The summed E-state index contributed by atoms with van der Waals surface area (Å²) in [5, 5.41) is 0. The van der Waals surface area contributed by atoms with Crippen LogP contribution >= 0.6 is 7.82 Å². The number of carbonyl (C=O) groups is 2. The van der Waals surface area contributed by atoms with Gasteiger partial charge < -0.3 is 27.9 Å². The Morgan fingerprint density at radius 2 is 1.10 bits per heavy atom. The number of nitrogens with zero attached hydrogens (tertiary/aromatic N) is 1. The lowest BCUT2D eigenvalue weighted by Crippen LogP contribution is -2.37. The van der Waals surface area contributed by atoms with Crippen molar-refractivity contribution in [3.05, 3.63) is 24.3 Å². The fraction of sp³-hybridized carbons (Fsp3) is 0.857. The minimum Gasteiger partial charge on any atom is -0.756 e. The first-order chi connectivity index (χ1) is 25.0. The maximum Gasteiger partial charge on any atom is 0.331 e. The van der Waals surface area contributed by atoms with E-state index in [4.69, 9.17) is 18.5 Å². The number of ether oxygens (including phenoxy) is 2. The number of allylic oxidation sites excluding steroid dienone is 3. The van der Waals surface area contributed by atoms with Crippen molar-refractivity contribution in [1.82, 2.24) is 0 Å². The molecular weight excluding hydrogens is 677 g/mol. The number of carbonyl (C=O) groups excluding carboxylic acids is 2. The van der Waals surface area contributed by atoms with Gasteiger partial charge in [-0.05, 0) is 19.3 Å². The molecule has 0 rings (SSSR count). The quantitative estimate of drug-likeness (QED) is 0.0153. The number of rotatable bonds is 38. The van der Waals surface area contributed by atoms with Crippen molar-refractivity contribution in [2.45, 2.75) is 187 Å². The molecular formula is C42H80NO8P. The Kier molecular flexibility index (Phi) is 34.2. The number of likely N-dealkylation sites (N-methyl/N-ethyl adjacent to an activating group) is 1. The number of phosphoric ester groups is 1. The standard InChI is InChI=1S/C42H80NO8P/c1-6-8-10-12-14-16-18-20-21-23-24-26-28-30-32-34-41(44)48-38-40(39-50-52(46,47)49-37-36-43(3,4)5)51-42(45)35-33-31-29-27-25-22-19-17-15-13-11-9-7-2/h29,31,33,35,40H,6-28,30,32,34,36-39H2,1-5H3/b31-29+,35-33+/t40-/m1/s1. The van der Waals surface area contributed by atoms with Crippen molar-refractivity contribution in [2.24, 2.45) is 0 Å². The van der Waals surface area contributed by atoms with Gasteiger partial charge in [0.15, 0.2) is 6.10 Å². The van der Waals surface area contributed by atoms with E-state index in [0.29, 0.717) is 11.0 Å². The highest BCUT2D eigenvalue weighted by atomic mass is 31.2. The molecule has 0 aromatic carbocycles. The lowest BCUT2D eigenvalue weighted by atomic mass is 10.0. The summed E-state index contributed by atoms with van der Waals surface area (Å²) in [4.78, 5) is 37.3. The van der Waals surface area contributed by atoms with Crippen LogP contribution in [0, 0.1) is 0 Å². The smallest absolute Gasteiger partial charge is 0.331 e. The summed E-state index contributed by atoms with van der Waals surface area (Å²) < 4.78 is 33.6. The van der Waals surface area contributed by atoms with Crippen LogP contribution in [0.1, 0.15) is 181 Å². The number of unbranched alkanes of at least 4 members (excludes halogenated alkanes) is 23. The fourth-order valence-corrected chi connectivity index (χ4v) is 6.47. The van der Waals surface area contributed by atoms with E-state index in [0.717, 1.165) is 32.1 Å². The zero-order valence-electron chi connectivity index (χ0n) is 34.3. The van der Waals surface area contributed by atoms with Crippen LogP contribution in [0.15, 0.2) is 24.3 Å². The van der Waals surface area contributed by atoms with Crippen molar-refractivity contribution < 1.29 is 42.1 Å². The fourth-order valence-electron chi connectivity index (χ4n) is 5.74. The molecule has 0 aliphatic heterocycles. The Morgan fingerprint density at radius 3 is 1.58 bits per heavy atom. The largest absolute Gasteiger partial charge is 0.756 e. The van der Waals surface area contributed by atoms with Crippen molar-refractivity contribution in [2.75, 3.05) is 47.5 Å². The van der Waals surface area contributed by atoms with Crippen LogP contribution in [0.25, 0.3) is 0 Å². The molecule has 2 atom stereocenters. The van der Waals surface area contributed by atoms with Gasteiger partial charge in [0.1, 0.15) is 19.8 Å². The molecule has 0 aliphatic rings. The van der Waals surface area contributed by atoms with Crippen LogP contribution in [0.4, 0.5) is 0 Å². The Bertz CT molecular complexity index is 949. The molecule has 0 saturated heterocycles. The molecule has 0 aliphatic carbocycles. The monoisotopic (exact) mass is 758 g/mol. The second-order valence-corrected chi connectivity index (χ2v) is 16.8. The van der Waals surface area contributed by atoms with Gasteiger partial charge in [-0.1, -0.05) is 173 Å². The van der Waals surface area contributed by atoms with E-state index in [-0.39, 0.29) is 19.6 Å². The topological polar surface area (TPSA) is 111 Å². The van der Waals surface area contributed by atoms with E-state index in [1.807, 2.05) is 33.3 Å². The minimum atomic E-state index is -4.64. The summed E-state index contributed by atoms with van der Waals surface area (Å²) in [7, 11) is 1.12. The summed E-state index contributed by atoms with van der Waals surface area (Å²) >= 11 is 0. The predicted molar refractivity (Wildman–Crippen MR) is 213 cm³/mol. The SMILES string of the molecule is CCCCCCCCCCC/C=C/C=C/C(=O)O[C@H](COC(=O)CCCCCCCCCCCCCCCCC)COP(=O)([O-])OCC[N+](C)(C)C. The maximum absolute atomic E-state index is 12.5. The van der Waals surface area contributed by atoms with Gasteiger partial charge in [-0.3, -0.25) is 9.36 Å². The van der Waals surface area contributed by atoms with E-state index < -0.39 is 32.5 Å². The molecule has 0 heterocycles. The lowest BCUT2D eigenvalue weighted by Gasteiger charge is -2.28. The van der Waals surface area contributed by atoms with Crippen LogP contribution in [0.3, 0.4) is 0 Å². The van der Waals surface area contributed by atoms with Crippen LogP contribution < -0.4 is 4.89 Å². The number of hydrogen-bond donors (Lipinski definition) is 0. The molecule has 0 saturated carbocycles. The van der Waals surface area contributed by atoms with Gasteiger partial charge >= 0.3 is 11.9 Å². The Balaban J connectivity index is 4.46. The van der Waals surface area contributed by atoms with Gasteiger partial charge in [0.25, 0.3) is 7.82 Å². The molecule has 306 valence electrons. The van der Waals surface area contributed by atoms with E-state index in [1.165, 1.54) is 134 Å². The molecule has 0 bridgehead atoms. The van der Waals surface area contributed by atoms with Crippen molar-refractivity contribution in [3.63, 3.8) is 0 Å². The van der Waals surface area contributed by atoms with Gasteiger partial charge in [0.2, 0.25) is 0 Å². The van der Waals surface area contributed by atoms with Crippen LogP contribution in [0.2, 0.25) is 0 Å². The van der Waals surface area contributed by atoms with E-state index in [9.17, 15) is 19.0 Å². The van der Waals surface area contributed by atoms with E-state index in [2.05, 4.69) is 13.8 Å². The molecule has 0 radical (unpaired) electrons. The first-order valence-electron chi connectivity index (χ1n) is 21.1. The molecule has 0 spiro atoms. The predicted octanol–water partition coefficient (Wildman–Crippen LogP) is 10.9. The molecule has 0 N–H and O–H groups in total. The summed E-state index contributed by atoms with van der Waals surface area (Å²) in [5.41, 5.74) is 0. The number of phosphoric acid groups is 1. The molecule has 0 aromatic rings. The van der Waals surface area contributed by atoms with Crippen LogP contribution in [0.5, 0.6) is 0 Å². The second kappa shape index (κ2) is 35.2. The number of quaternary nitrogens is 1. The molecule has 0 aromatic heterocycles. The highest BCUT2D eigenvalue weighted by Crippen LogP contribution is 2.38. The third-order valence-electron chi connectivity index (χ3n) is 9.08. The first-order valence-corrected chi connectivity index (χ1v) is 22.5. The van der Waals surface area contributed by atoms with Gasteiger partial charge in [0.05, 0.1) is 27.7 Å². The zero-order chi connectivity index (χ0) is 38.6. The molecule has 0 amide bonds. The first kappa shape index (κ1) is 50.5. The van der Waals surface area contributed by atoms with Gasteiger partial charge in [-0.25, -0.2) is 4.79 Å². The molecule has 10 heteroatoms. The van der Waals surface area contributed by atoms with Gasteiger partial charge in [-0.2, -0.15) is 0 Å². The van der Waals surface area contributed by atoms with Crippen molar-refractivity contribution in [3.8, 4) is 0 Å². The average Bonchev–Trinajstić information content (AvgIpc) is 3.09. The zero-order valence-corrected chi connectivity index (χ0v) is 35.2. The second-order valence-electron chi connectivity index (χ2n) is 15.4. The van der Waals surface area contributed by atoms with E-state index >= 15 is 0 Å². The molecule has 52 heavy (non-hydrogen) atoms. The van der Waals surface area contributed by atoms with Gasteiger partial charge in [-0.15, -0.1) is 0 Å². The summed E-state index contributed by atoms with van der Waals surface area (Å²) in [6, 6.07) is 0. The van der Waals surface area contributed by atoms with E-state index in [1.54, 1.807) is 6.08 Å². The Labute approximate surface area is 319 Å². The highest BCUT2D eigenvalue weighted by Gasteiger charge is 2.21. The van der Waals surface area contributed by atoms with Crippen molar-refractivity contribution in [1.29, 1.82) is 0 Å². The Morgan fingerprint density at radius 1 is 0.635 bits per heavy atom. The molecule has 9 nitrogen and oxygen atoms in total. The van der Waals surface area contributed by atoms with Crippen molar-refractivity contribution >= 4 is 19.8 Å². The molecule has 0 fully saturated rings. The third kappa shape index (κ3) is 38.2. The van der Waals surface area contributed by atoms with Crippen LogP contribution in [-0.2, 0) is 32.7 Å². The number of esters is 2. The summed E-state index contributed by atoms with van der Waals surface area (Å²) in [5.74, 6) is -1.08. The molecule has 1 unspecified atom stereocenters. The lowest BCUT2D eigenvalue weighted by molar-refractivity contribution is -0.870. The van der Waals surface area contributed by atoms with Gasteiger partial charge in [0, 0.05) is 12.5 Å². The highest BCUT2D eigenvalue weighted by molar-refractivity contribution is 7.45. The normalized spacial score (nSPS) is 13.9. The Hall–Kier alpha value is -1.51. The third-order valence-corrected chi connectivity index (χ3v) is 10.0. The summed E-state index contributed by atoms with van der Waals surface area (Å²) in [6.07, 6.45) is 36.9. The average molecular weight is 758 g/mol. The minimum absolute atomic E-state index is 0.0446. The summed E-state index contributed by atoms with van der Waals surface area (Å²) in [6.45, 7) is 4.10.